The largest absolute Gasteiger partial charge is 0.481 e. The van der Waals surface area contributed by atoms with Crippen LogP contribution < -0.4 is 4.74 Å². The minimum atomic E-state index is -0.476. The minimum absolute atomic E-state index is 0.0822. The molecule has 0 atom stereocenters. The molecule has 0 N–H and O–H groups in total. The molecule has 3 aromatic rings. The van der Waals surface area contributed by atoms with Crippen molar-refractivity contribution in [3.63, 3.8) is 0 Å². The zero-order chi connectivity index (χ0) is 19.9. The van der Waals surface area contributed by atoms with Crippen molar-refractivity contribution in [2.45, 2.75) is 39.4 Å². The van der Waals surface area contributed by atoms with Gasteiger partial charge in [-0.05, 0) is 45.0 Å². The number of hydrogen-bond donors (Lipinski definition) is 0. The van der Waals surface area contributed by atoms with E-state index in [0.29, 0.717) is 13.1 Å². The first-order valence-electron chi connectivity index (χ1n) is 9.24. The van der Waals surface area contributed by atoms with E-state index < -0.39 is 5.82 Å². The third kappa shape index (κ3) is 3.28. The zero-order valence-electron chi connectivity index (χ0n) is 16.2. The fourth-order valence-electron chi connectivity index (χ4n) is 3.38. The first-order chi connectivity index (χ1) is 13.3. The SMILES string of the molecule is CC(C)(C)n1nc2c(c1-n1cccc1)CN(C(=O)COc1ccccc1F)C2. The molecule has 2 aromatic heterocycles. The third-order valence-corrected chi connectivity index (χ3v) is 4.75. The topological polar surface area (TPSA) is 52.3 Å². The van der Waals surface area contributed by atoms with Crippen LogP contribution in [0, 0.1) is 5.82 Å². The van der Waals surface area contributed by atoms with Crippen molar-refractivity contribution in [2.75, 3.05) is 6.61 Å². The summed E-state index contributed by atoms with van der Waals surface area (Å²) >= 11 is 0. The van der Waals surface area contributed by atoms with Crippen LogP contribution in [0.2, 0.25) is 0 Å². The second-order valence-electron chi connectivity index (χ2n) is 7.89. The Balaban J connectivity index is 1.54. The molecule has 0 radical (unpaired) electrons. The predicted octanol–water partition coefficient (Wildman–Crippen LogP) is 3.49. The van der Waals surface area contributed by atoms with Crippen LogP contribution in [0.25, 0.3) is 5.82 Å². The van der Waals surface area contributed by atoms with Gasteiger partial charge < -0.3 is 14.2 Å². The van der Waals surface area contributed by atoms with Crippen molar-refractivity contribution in [1.82, 2.24) is 19.2 Å². The first-order valence-corrected chi connectivity index (χ1v) is 9.24. The molecule has 4 rings (SSSR count). The molecular weight excluding hydrogens is 359 g/mol. The number of benzene rings is 1. The molecule has 0 unspecified atom stereocenters. The molecule has 0 saturated heterocycles. The van der Waals surface area contributed by atoms with Crippen molar-refractivity contribution in [3.05, 3.63) is 65.9 Å². The number of carbonyl (C=O) groups excluding carboxylic acids is 1. The van der Waals surface area contributed by atoms with E-state index in [-0.39, 0.29) is 23.8 Å². The van der Waals surface area contributed by atoms with Gasteiger partial charge in [0.25, 0.3) is 5.91 Å². The van der Waals surface area contributed by atoms with Crippen molar-refractivity contribution in [2.24, 2.45) is 0 Å². The minimum Gasteiger partial charge on any atom is -0.481 e. The standard InChI is InChI=1S/C21H23FN4O2/c1-21(2,3)26-20(24-10-6-7-11-24)15-12-25(13-17(15)23-26)19(27)14-28-18-9-5-4-8-16(18)22/h4-11H,12-14H2,1-3H3. The zero-order valence-corrected chi connectivity index (χ0v) is 16.2. The summed E-state index contributed by atoms with van der Waals surface area (Å²) in [4.78, 5) is 14.3. The fourth-order valence-corrected chi connectivity index (χ4v) is 3.38. The maximum absolute atomic E-state index is 13.7. The molecule has 146 valence electrons. The van der Waals surface area contributed by atoms with Gasteiger partial charge in [-0.2, -0.15) is 5.10 Å². The number of nitrogens with zero attached hydrogens (tertiary/aromatic N) is 4. The normalized spacial score (nSPS) is 13.6. The number of rotatable bonds is 4. The van der Waals surface area contributed by atoms with Gasteiger partial charge in [0.05, 0.1) is 24.3 Å². The summed E-state index contributed by atoms with van der Waals surface area (Å²) in [5.41, 5.74) is 1.73. The van der Waals surface area contributed by atoms with E-state index in [2.05, 4.69) is 20.8 Å². The van der Waals surface area contributed by atoms with E-state index in [0.717, 1.165) is 17.1 Å². The van der Waals surface area contributed by atoms with Crippen LogP contribution >= 0.6 is 0 Å². The lowest BCUT2D eigenvalue weighted by atomic mass is 10.1. The number of halogens is 1. The quantitative estimate of drug-likeness (QED) is 0.694. The molecule has 1 aliphatic rings. The number of aromatic nitrogens is 3. The molecular formula is C21H23FN4O2. The van der Waals surface area contributed by atoms with Crippen molar-refractivity contribution < 1.29 is 13.9 Å². The Morgan fingerprint density at radius 1 is 1.14 bits per heavy atom. The Morgan fingerprint density at radius 2 is 1.86 bits per heavy atom. The lowest BCUT2D eigenvalue weighted by molar-refractivity contribution is -0.134. The Labute approximate surface area is 163 Å². The highest BCUT2D eigenvalue weighted by Crippen LogP contribution is 2.32. The number of ether oxygens (including phenoxy) is 1. The highest BCUT2D eigenvalue weighted by atomic mass is 19.1. The van der Waals surface area contributed by atoms with E-state index in [1.807, 2.05) is 33.8 Å². The number of fused-ring (bicyclic) bond motifs is 1. The Hall–Kier alpha value is -3.09. The number of hydrogen-bond acceptors (Lipinski definition) is 3. The predicted molar refractivity (Wildman–Crippen MR) is 103 cm³/mol. The molecule has 7 heteroatoms. The summed E-state index contributed by atoms with van der Waals surface area (Å²) in [5.74, 6) is 0.384. The van der Waals surface area contributed by atoms with Gasteiger partial charge in [0.15, 0.2) is 18.2 Å². The molecule has 1 aromatic carbocycles. The van der Waals surface area contributed by atoms with Crippen molar-refractivity contribution in [3.8, 4) is 11.6 Å². The molecule has 28 heavy (non-hydrogen) atoms. The Bertz CT molecular complexity index is 1000. The Morgan fingerprint density at radius 3 is 2.54 bits per heavy atom. The Kier molecular flexibility index (Phi) is 4.45. The van der Waals surface area contributed by atoms with Crippen LogP contribution in [-0.4, -0.2) is 31.8 Å². The van der Waals surface area contributed by atoms with Gasteiger partial charge in [0.1, 0.15) is 5.82 Å². The van der Waals surface area contributed by atoms with E-state index in [9.17, 15) is 9.18 Å². The summed E-state index contributed by atoms with van der Waals surface area (Å²) in [5, 5.41) is 4.78. The van der Waals surface area contributed by atoms with Gasteiger partial charge in [-0.3, -0.25) is 4.79 Å². The lowest BCUT2D eigenvalue weighted by Gasteiger charge is -2.24. The van der Waals surface area contributed by atoms with Gasteiger partial charge >= 0.3 is 0 Å². The number of amides is 1. The second-order valence-corrected chi connectivity index (χ2v) is 7.89. The molecule has 1 amide bonds. The summed E-state index contributed by atoms with van der Waals surface area (Å²) < 4.78 is 23.1. The van der Waals surface area contributed by atoms with Crippen molar-refractivity contribution >= 4 is 5.91 Å². The summed E-state index contributed by atoms with van der Waals surface area (Å²) in [6, 6.07) is 10.0. The van der Waals surface area contributed by atoms with Gasteiger partial charge in [0, 0.05) is 18.0 Å². The van der Waals surface area contributed by atoms with Crippen LogP contribution in [0.5, 0.6) is 5.75 Å². The third-order valence-electron chi connectivity index (χ3n) is 4.75. The number of para-hydroxylation sites is 1. The first kappa shape index (κ1) is 18.3. The van der Waals surface area contributed by atoms with Crippen LogP contribution in [0.15, 0.2) is 48.8 Å². The molecule has 0 bridgehead atoms. The van der Waals surface area contributed by atoms with Crippen molar-refractivity contribution in [1.29, 1.82) is 0 Å². The average molecular weight is 382 g/mol. The smallest absolute Gasteiger partial charge is 0.261 e. The molecule has 1 aliphatic heterocycles. The monoisotopic (exact) mass is 382 g/mol. The lowest BCUT2D eigenvalue weighted by Crippen LogP contribution is -2.32. The van der Waals surface area contributed by atoms with E-state index in [1.54, 1.807) is 17.0 Å². The maximum Gasteiger partial charge on any atom is 0.261 e. The fraction of sp³-hybridized carbons (Fsp3) is 0.333. The summed E-state index contributed by atoms with van der Waals surface area (Å²) in [6.45, 7) is 6.99. The van der Waals surface area contributed by atoms with Gasteiger partial charge in [-0.25, -0.2) is 9.07 Å². The van der Waals surface area contributed by atoms with E-state index in [1.165, 1.54) is 12.1 Å². The highest BCUT2D eigenvalue weighted by Gasteiger charge is 2.33. The van der Waals surface area contributed by atoms with Crippen LogP contribution in [0.1, 0.15) is 32.0 Å². The molecule has 0 spiro atoms. The van der Waals surface area contributed by atoms with Crippen LogP contribution in [0.4, 0.5) is 4.39 Å². The average Bonchev–Trinajstić information content (AvgIpc) is 3.35. The van der Waals surface area contributed by atoms with E-state index in [4.69, 9.17) is 9.84 Å². The summed E-state index contributed by atoms with van der Waals surface area (Å²) in [7, 11) is 0. The number of carbonyl (C=O) groups is 1. The van der Waals surface area contributed by atoms with Gasteiger partial charge in [-0.1, -0.05) is 12.1 Å². The maximum atomic E-state index is 13.7. The summed E-state index contributed by atoms with van der Waals surface area (Å²) in [6.07, 6.45) is 3.95. The second kappa shape index (κ2) is 6.82. The molecule has 3 heterocycles. The van der Waals surface area contributed by atoms with Crippen LogP contribution in [0.3, 0.4) is 0 Å². The van der Waals surface area contributed by atoms with Crippen LogP contribution in [-0.2, 0) is 23.4 Å². The van der Waals surface area contributed by atoms with E-state index >= 15 is 0 Å². The molecule has 0 aliphatic carbocycles. The van der Waals surface area contributed by atoms with Gasteiger partial charge in [0.2, 0.25) is 0 Å². The highest BCUT2D eigenvalue weighted by molar-refractivity contribution is 5.78. The molecule has 0 fully saturated rings. The molecule has 0 saturated carbocycles. The molecule has 6 nitrogen and oxygen atoms in total. The van der Waals surface area contributed by atoms with Gasteiger partial charge in [-0.15, -0.1) is 0 Å².